The van der Waals surface area contributed by atoms with Crippen molar-refractivity contribution in [2.45, 2.75) is 32.5 Å². The van der Waals surface area contributed by atoms with Gasteiger partial charge in [0.15, 0.2) is 0 Å². The molecule has 0 spiro atoms. The van der Waals surface area contributed by atoms with E-state index in [4.69, 9.17) is 4.74 Å². The van der Waals surface area contributed by atoms with E-state index >= 15 is 0 Å². The van der Waals surface area contributed by atoms with E-state index in [9.17, 15) is 0 Å². The molecule has 0 saturated carbocycles. The van der Waals surface area contributed by atoms with Crippen molar-refractivity contribution in [1.82, 2.24) is 5.32 Å². The van der Waals surface area contributed by atoms with Gasteiger partial charge in [-0.2, -0.15) is 0 Å². The summed E-state index contributed by atoms with van der Waals surface area (Å²) >= 11 is 0. The fraction of sp³-hybridized carbons (Fsp3) is 0.217. The summed E-state index contributed by atoms with van der Waals surface area (Å²) < 4.78 is 5.84. The molecule has 1 N–H and O–H groups in total. The Morgan fingerprint density at radius 2 is 1.40 bits per heavy atom. The van der Waals surface area contributed by atoms with Gasteiger partial charge in [-0.15, -0.1) is 0 Å². The van der Waals surface area contributed by atoms with Crippen LogP contribution in [0, 0.1) is 0 Å². The summed E-state index contributed by atoms with van der Waals surface area (Å²) in [5.41, 5.74) is 3.79. The van der Waals surface area contributed by atoms with E-state index in [1.165, 1.54) is 16.7 Å². The Labute approximate surface area is 150 Å². The first-order chi connectivity index (χ1) is 12.3. The van der Waals surface area contributed by atoms with Crippen LogP contribution in [0.4, 0.5) is 0 Å². The Morgan fingerprint density at radius 1 is 0.760 bits per heavy atom. The Kier molecular flexibility index (Phi) is 6.24. The largest absolute Gasteiger partial charge is 0.489 e. The van der Waals surface area contributed by atoms with Crippen molar-refractivity contribution in [1.29, 1.82) is 0 Å². The van der Waals surface area contributed by atoms with E-state index in [-0.39, 0.29) is 0 Å². The lowest BCUT2D eigenvalue weighted by molar-refractivity contribution is 0.306. The Morgan fingerprint density at radius 3 is 2.04 bits per heavy atom. The first-order valence-electron chi connectivity index (χ1n) is 8.89. The fourth-order valence-corrected chi connectivity index (χ4v) is 2.87. The molecular weight excluding hydrogens is 306 g/mol. The third-order valence-corrected chi connectivity index (χ3v) is 4.33. The minimum Gasteiger partial charge on any atom is -0.489 e. The maximum atomic E-state index is 5.84. The van der Waals surface area contributed by atoms with Crippen LogP contribution in [-0.4, -0.2) is 0 Å². The maximum Gasteiger partial charge on any atom is 0.119 e. The fourth-order valence-electron chi connectivity index (χ4n) is 2.87. The minimum absolute atomic E-state index is 0.384. The van der Waals surface area contributed by atoms with Crippen LogP contribution in [0.2, 0.25) is 0 Å². The van der Waals surface area contributed by atoms with Crippen molar-refractivity contribution in [3.8, 4) is 5.75 Å². The van der Waals surface area contributed by atoms with Gasteiger partial charge in [-0.1, -0.05) is 79.7 Å². The highest BCUT2D eigenvalue weighted by Gasteiger charge is 2.07. The first kappa shape index (κ1) is 17.2. The molecule has 0 aliphatic rings. The summed E-state index contributed by atoms with van der Waals surface area (Å²) in [4.78, 5) is 0. The second-order valence-electron chi connectivity index (χ2n) is 6.17. The van der Waals surface area contributed by atoms with Crippen molar-refractivity contribution in [2.75, 3.05) is 0 Å². The zero-order valence-corrected chi connectivity index (χ0v) is 14.7. The lowest BCUT2D eigenvalue weighted by atomic mass is 10.0. The zero-order valence-electron chi connectivity index (χ0n) is 14.7. The summed E-state index contributed by atoms with van der Waals surface area (Å²) in [5, 5.41) is 3.64. The molecule has 3 aromatic rings. The predicted molar refractivity (Wildman–Crippen MR) is 104 cm³/mol. The van der Waals surface area contributed by atoms with Crippen LogP contribution in [0.1, 0.15) is 36.1 Å². The van der Waals surface area contributed by atoms with Crippen LogP contribution >= 0.6 is 0 Å². The molecule has 0 bridgehead atoms. The predicted octanol–water partition coefficient (Wildman–Crippen LogP) is 5.51. The van der Waals surface area contributed by atoms with Crippen molar-refractivity contribution in [3.05, 3.63) is 102 Å². The molecule has 25 heavy (non-hydrogen) atoms. The number of rotatable bonds is 8. The quantitative estimate of drug-likeness (QED) is 0.588. The molecule has 0 heterocycles. The number of benzene rings is 3. The molecule has 0 saturated heterocycles. The highest BCUT2D eigenvalue weighted by Crippen LogP contribution is 2.18. The van der Waals surface area contributed by atoms with E-state index in [2.05, 4.69) is 66.8 Å². The normalized spacial score (nSPS) is 11.9. The molecule has 1 unspecified atom stereocenters. The van der Waals surface area contributed by atoms with Crippen LogP contribution in [0.25, 0.3) is 0 Å². The van der Waals surface area contributed by atoms with Crippen LogP contribution in [-0.2, 0) is 13.2 Å². The Balaban J connectivity index is 1.52. The van der Waals surface area contributed by atoms with Crippen LogP contribution in [0.15, 0.2) is 84.9 Å². The molecular formula is C23H25NO. The highest BCUT2D eigenvalue weighted by molar-refractivity contribution is 5.28. The van der Waals surface area contributed by atoms with Crippen LogP contribution < -0.4 is 10.1 Å². The third-order valence-electron chi connectivity index (χ3n) is 4.33. The summed E-state index contributed by atoms with van der Waals surface area (Å²) in [6.07, 6.45) is 1.07. The molecule has 0 aromatic heterocycles. The molecule has 2 nitrogen and oxygen atoms in total. The zero-order chi connectivity index (χ0) is 17.3. The minimum atomic E-state index is 0.384. The first-order valence-corrected chi connectivity index (χ1v) is 8.89. The van der Waals surface area contributed by atoms with Crippen molar-refractivity contribution in [3.63, 3.8) is 0 Å². The SMILES string of the molecule is CCC(NCc1ccc(OCc2ccccc2)cc1)c1ccccc1. The standard InChI is InChI=1S/C23H25NO/c1-2-23(21-11-7-4-8-12-21)24-17-19-13-15-22(16-14-19)25-18-20-9-5-3-6-10-20/h3-16,23-24H,2,17-18H2,1H3. The molecule has 0 radical (unpaired) electrons. The summed E-state index contributed by atoms with van der Waals surface area (Å²) in [6.45, 7) is 3.67. The second kappa shape index (κ2) is 9.05. The van der Waals surface area contributed by atoms with Gasteiger partial charge in [0, 0.05) is 12.6 Å². The highest BCUT2D eigenvalue weighted by atomic mass is 16.5. The van der Waals surface area contributed by atoms with Gasteiger partial charge in [0.05, 0.1) is 0 Å². The molecule has 0 fully saturated rings. The van der Waals surface area contributed by atoms with Gasteiger partial charge in [-0.05, 0) is 35.2 Å². The van der Waals surface area contributed by atoms with Gasteiger partial charge >= 0.3 is 0 Å². The molecule has 1 atom stereocenters. The van der Waals surface area contributed by atoms with Gasteiger partial charge in [0.25, 0.3) is 0 Å². The monoisotopic (exact) mass is 331 g/mol. The molecule has 3 rings (SSSR count). The van der Waals surface area contributed by atoms with Crippen molar-refractivity contribution >= 4 is 0 Å². The van der Waals surface area contributed by atoms with E-state index in [1.807, 2.05) is 30.3 Å². The Hall–Kier alpha value is -2.58. The number of hydrogen-bond acceptors (Lipinski definition) is 2. The number of nitrogens with one attached hydrogen (secondary N) is 1. The smallest absolute Gasteiger partial charge is 0.119 e. The van der Waals surface area contributed by atoms with Crippen LogP contribution in [0.5, 0.6) is 5.75 Å². The van der Waals surface area contributed by atoms with Crippen molar-refractivity contribution < 1.29 is 4.74 Å². The summed E-state index contributed by atoms with van der Waals surface area (Å²) in [7, 11) is 0. The topological polar surface area (TPSA) is 21.3 Å². The van der Waals surface area contributed by atoms with Gasteiger partial charge in [-0.25, -0.2) is 0 Å². The van der Waals surface area contributed by atoms with E-state index in [0.717, 1.165) is 18.7 Å². The average molecular weight is 331 g/mol. The third kappa shape index (κ3) is 5.20. The van der Waals surface area contributed by atoms with E-state index in [0.29, 0.717) is 12.6 Å². The lowest BCUT2D eigenvalue weighted by Crippen LogP contribution is -2.20. The molecule has 0 aliphatic heterocycles. The Bertz CT molecular complexity index is 738. The summed E-state index contributed by atoms with van der Waals surface area (Å²) in [6, 6.07) is 29.6. The maximum absolute atomic E-state index is 5.84. The molecule has 2 heteroatoms. The molecule has 0 aliphatic carbocycles. The molecule has 0 amide bonds. The summed E-state index contributed by atoms with van der Waals surface area (Å²) in [5.74, 6) is 0.905. The average Bonchev–Trinajstić information content (AvgIpc) is 2.69. The van der Waals surface area contributed by atoms with Crippen LogP contribution in [0.3, 0.4) is 0 Å². The number of ether oxygens (including phenoxy) is 1. The lowest BCUT2D eigenvalue weighted by Gasteiger charge is -2.17. The van der Waals surface area contributed by atoms with Gasteiger partial charge in [0.2, 0.25) is 0 Å². The molecule has 3 aromatic carbocycles. The molecule has 128 valence electrons. The van der Waals surface area contributed by atoms with E-state index < -0.39 is 0 Å². The second-order valence-corrected chi connectivity index (χ2v) is 6.17. The van der Waals surface area contributed by atoms with Gasteiger partial charge < -0.3 is 10.1 Å². The van der Waals surface area contributed by atoms with Gasteiger partial charge in [0.1, 0.15) is 12.4 Å². The number of hydrogen-bond donors (Lipinski definition) is 1. The van der Waals surface area contributed by atoms with E-state index in [1.54, 1.807) is 0 Å². The van der Waals surface area contributed by atoms with Crippen molar-refractivity contribution in [2.24, 2.45) is 0 Å². The van der Waals surface area contributed by atoms with Gasteiger partial charge in [-0.3, -0.25) is 0 Å².